The van der Waals surface area contributed by atoms with Gasteiger partial charge in [0.25, 0.3) is 0 Å². The predicted octanol–water partition coefficient (Wildman–Crippen LogP) is 4.95. The number of rotatable bonds is 3. The number of nitrogens with zero attached hydrogens (tertiary/aromatic N) is 1. The van der Waals surface area contributed by atoms with Gasteiger partial charge in [-0.2, -0.15) is 0 Å². The Morgan fingerprint density at radius 1 is 1.00 bits per heavy atom. The van der Waals surface area contributed by atoms with E-state index >= 15 is 0 Å². The summed E-state index contributed by atoms with van der Waals surface area (Å²) >= 11 is 11.6. The first-order chi connectivity index (χ1) is 12.2. The molecule has 136 valence electrons. The highest BCUT2D eigenvalue weighted by Crippen LogP contribution is 2.39. The van der Waals surface area contributed by atoms with Gasteiger partial charge in [0, 0.05) is 34.9 Å². The second kappa shape index (κ2) is 7.81. The minimum Gasteiger partial charge on any atom is -0.360 e. The summed E-state index contributed by atoms with van der Waals surface area (Å²) in [5.41, 5.74) is 0.952. The maximum atomic E-state index is 6.05. The average Bonchev–Trinajstić information content (AvgIpc) is 3.08. The average molecular weight is 378 g/mol. The zero-order valence-electron chi connectivity index (χ0n) is 14.7. The Hall–Kier alpha value is -0.840. The van der Waals surface area contributed by atoms with E-state index in [1.54, 1.807) is 0 Å². The fraction of sp³-hybridized carbons (Fsp3) is 0.650. The third-order valence-corrected chi connectivity index (χ3v) is 6.65. The SMILES string of the molecule is S=C(Nc1cccc(Cl)c1)NC1C[C@H]2CCC[C@H](C1)N2C1CCCC1. The van der Waals surface area contributed by atoms with Crippen LogP contribution in [-0.4, -0.2) is 34.2 Å². The maximum Gasteiger partial charge on any atom is 0.170 e. The molecule has 2 saturated heterocycles. The first kappa shape index (κ1) is 17.6. The lowest BCUT2D eigenvalue weighted by Crippen LogP contribution is -2.59. The van der Waals surface area contributed by atoms with Gasteiger partial charge >= 0.3 is 0 Å². The van der Waals surface area contributed by atoms with Crippen molar-refractivity contribution in [3.8, 4) is 0 Å². The van der Waals surface area contributed by atoms with Gasteiger partial charge in [0.05, 0.1) is 0 Å². The topological polar surface area (TPSA) is 27.3 Å². The first-order valence-electron chi connectivity index (χ1n) is 9.79. The molecule has 5 heteroatoms. The second-order valence-corrected chi connectivity index (χ2v) is 8.75. The number of piperidine rings is 2. The molecule has 3 fully saturated rings. The van der Waals surface area contributed by atoms with Crippen LogP contribution >= 0.6 is 23.8 Å². The Bertz CT molecular complexity index is 603. The zero-order valence-corrected chi connectivity index (χ0v) is 16.3. The molecule has 0 spiro atoms. The van der Waals surface area contributed by atoms with Gasteiger partial charge < -0.3 is 10.6 Å². The van der Waals surface area contributed by atoms with E-state index in [0.29, 0.717) is 6.04 Å². The lowest BCUT2D eigenvalue weighted by molar-refractivity contribution is -0.00596. The van der Waals surface area contributed by atoms with E-state index in [9.17, 15) is 0 Å². The molecule has 0 aromatic heterocycles. The molecule has 3 nitrogen and oxygen atoms in total. The molecule has 2 bridgehead atoms. The van der Waals surface area contributed by atoms with Crippen molar-refractivity contribution in [1.82, 2.24) is 10.2 Å². The minimum absolute atomic E-state index is 0.493. The van der Waals surface area contributed by atoms with Crippen LogP contribution in [0.3, 0.4) is 0 Å². The summed E-state index contributed by atoms with van der Waals surface area (Å²) in [6.07, 6.45) is 12.3. The summed E-state index contributed by atoms with van der Waals surface area (Å²) in [4.78, 5) is 2.90. The van der Waals surface area contributed by atoms with E-state index in [2.05, 4.69) is 15.5 Å². The number of thiocarbonyl (C=S) groups is 1. The Balaban J connectivity index is 1.35. The van der Waals surface area contributed by atoms with Crippen LogP contribution in [0.4, 0.5) is 5.69 Å². The highest BCUT2D eigenvalue weighted by Gasteiger charge is 2.42. The highest BCUT2D eigenvalue weighted by molar-refractivity contribution is 7.80. The summed E-state index contributed by atoms with van der Waals surface area (Å²) in [7, 11) is 0. The molecule has 4 rings (SSSR count). The van der Waals surface area contributed by atoms with E-state index in [0.717, 1.165) is 33.9 Å². The molecule has 2 N–H and O–H groups in total. The molecule has 1 aromatic rings. The van der Waals surface area contributed by atoms with Crippen molar-refractivity contribution in [2.75, 3.05) is 5.32 Å². The van der Waals surface area contributed by atoms with Crippen LogP contribution in [0.2, 0.25) is 5.02 Å². The van der Waals surface area contributed by atoms with Crippen LogP contribution in [0.15, 0.2) is 24.3 Å². The number of hydrogen-bond donors (Lipinski definition) is 2. The van der Waals surface area contributed by atoms with Crippen LogP contribution in [-0.2, 0) is 0 Å². The van der Waals surface area contributed by atoms with Crippen LogP contribution in [0.5, 0.6) is 0 Å². The van der Waals surface area contributed by atoms with E-state index in [1.165, 1.54) is 57.8 Å². The number of fused-ring (bicyclic) bond motifs is 2. The van der Waals surface area contributed by atoms with Gasteiger partial charge in [0.1, 0.15) is 0 Å². The van der Waals surface area contributed by atoms with Gasteiger partial charge in [0.2, 0.25) is 0 Å². The van der Waals surface area contributed by atoms with Crippen LogP contribution in [0.1, 0.15) is 57.8 Å². The molecule has 0 amide bonds. The largest absolute Gasteiger partial charge is 0.360 e. The molecular weight excluding hydrogens is 350 g/mol. The normalized spacial score (nSPS) is 30.2. The van der Waals surface area contributed by atoms with Gasteiger partial charge in [-0.1, -0.05) is 36.9 Å². The number of hydrogen-bond acceptors (Lipinski definition) is 2. The van der Waals surface area contributed by atoms with Crippen molar-refractivity contribution in [2.45, 2.75) is 82.0 Å². The molecule has 1 aliphatic carbocycles. The Morgan fingerprint density at radius 3 is 2.36 bits per heavy atom. The van der Waals surface area contributed by atoms with Crippen LogP contribution in [0, 0.1) is 0 Å². The maximum absolute atomic E-state index is 6.05. The predicted molar refractivity (Wildman–Crippen MR) is 109 cm³/mol. The highest BCUT2D eigenvalue weighted by atomic mass is 35.5. The quantitative estimate of drug-likeness (QED) is 0.728. The lowest BCUT2D eigenvalue weighted by atomic mass is 9.80. The molecule has 2 heterocycles. The number of anilines is 1. The van der Waals surface area contributed by atoms with Crippen molar-refractivity contribution in [3.05, 3.63) is 29.3 Å². The van der Waals surface area contributed by atoms with E-state index in [-0.39, 0.29) is 0 Å². The molecule has 0 unspecified atom stereocenters. The summed E-state index contributed by atoms with van der Waals surface area (Å²) in [5, 5.41) is 8.31. The first-order valence-corrected chi connectivity index (χ1v) is 10.6. The van der Waals surface area contributed by atoms with Crippen molar-refractivity contribution in [2.24, 2.45) is 0 Å². The molecule has 1 saturated carbocycles. The summed E-state index contributed by atoms with van der Waals surface area (Å²) in [6.45, 7) is 0. The number of halogens is 1. The van der Waals surface area contributed by atoms with Crippen molar-refractivity contribution in [3.63, 3.8) is 0 Å². The second-order valence-electron chi connectivity index (χ2n) is 7.90. The smallest absolute Gasteiger partial charge is 0.170 e. The summed E-state index contributed by atoms with van der Waals surface area (Å²) in [5.74, 6) is 0. The van der Waals surface area contributed by atoms with E-state index in [1.807, 2.05) is 24.3 Å². The third kappa shape index (κ3) is 4.12. The lowest BCUT2D eigenvalue weighted by Gasteiger charge is -2.52. The Labute approximate surface area is 161 Å². The number of nitrogens with one attached hydrogen (secondary N) is 2. The van der Waals surface area contributed by atoms with Crippen molar-refractivity contribution in [1.29, 1.82) is 0 Å². The summed E-state index contributed by atoms with van der Waals surface area (Å²) < 4.78 is 0. The minimum atomic E-state index is 0.493. The van der Waals surface area contributed by atoms with Gasteiger partial charge in [-0.15, -0.1) is 0 Å². The molecule has 2 aliphatic heterocycles. The van der Waals surface area contributed by atoms with Crippen molar-refractivity contribution < 1.29 is 0 Å². The van der Waals surface area contributed by atoms with Crippen LogP contribution < -0.4 is 10.6 Å². The standard InChI is InChI=1S/C20H28ClN3S/c21-14-5-3-6-15(11-14)22-20(25)23-16-12-18-9-4-10-19(13-16)24(18)17-7-1-2-8-17/h3,5-6,11,16-19H,1-2,4,7-10,12-13H2,(H2,22,23,25)/t18-,19-/m1/s1. The van der Waals surface area contributed by atoms with E-state index in [4.69, 9.17) is 23.8 Å². The van der Waals surface area contributed by atoms with Crippen LogP contribution in [0.25, 0.3) is 0 Å². The monoisotopic (exact) mass is 377 g/mol. The Kier molecular flexibility index (Phi) is 5.49. The van der Waals surface area contributed by atoms with Gasteiger partial charge in [-0.3, -0.25) is 4.90 Å². The zero-order chi connectivity index (χ0) is 17.2. The van der Waals surface area contributed by atoms with Gasteiger partial charge in [-0.25, -0.2) is 0 Å². The summed E-state index contributed by atoms with van der Waals surface area (Å²) in [6, 6.07) is 10.6. The molecular formula is C20H28ClN3S. The van der Waals surface area contributed by atoms with Gasteiger partial charge in [0.15, 0.2) is 5.11 Å². The fourth-order valence-corrected chi connectivity index (χ4v) is 5.73. The molecule has 2 atom stereocenters. The third-order valence-electron chi connectivity index (χ3n) is 6.20. The molecule has 1 aromatic carbocycles. The van der Waals surface area contributed by atoms with Gasteiger partial charge in [-0.05, 0) is 68.9 Å². The molecule has 3 aliphatic rings. The number of benzene rings is 1. The fourth-order valence-electron chi connectivity index (χ4n) is 5.25. The molecule has 0 radical (unpaired) electrons. The van der Waals surface area contributed by atoms with E-state index < -0.39 is 0 Å². The molecule has 25 heavy (non-hydrogen) atoms. The Morgan fingerprint density at radius 2 is 1.68 bits per heavy atom. The van der Waals surface area contributed by atoms with Crippen molar-refractivity contribution >= 4 is 34.6 Å².